The maximum atomic E-state index is 9.76. The molecule has 1 aromatic rings. The molecule has 0 radical (unpaired) electrons. The lowest BCUT2D eigenvalue weighted by Crippen LogP contribution is -2.32. The van der Waals surface area contributed by atoms with Gasteiger partial charge in [0, 0.05) is 17.5 Å². The maximum Gasteiger partial charge on any atom is 0.124 e. The highest BCUT2D eigenvalue weighted by Crippen LogP contribution is 2.39. The largest absolute Gasteiger partial charge is 0.496 e. The van der Waals surface area contributed by atoms with Gasteiger partial charge in [-0.1, -0.05) is 23.2 Å². The number of nitrogens with one attached hydrogen (secondary N) is 1. The minimum Gasteiger partial charge on any atom is -0.496 e. The molecule has 1 saturated heterocycles. The molecular weight excluding hydrogens is 285 g/mol. The Labute approximate surface area is 123 Å². The summed E-state index contributed by atoms with van der Waals surface area (Å²) in [5, 5.41) is 14.1. The molecule has 0 bridgehead atoms. The first-order chi connectivity index (χ1) is 9.17. The molecule has 0 amide bonds. The topological polar surface area (TPSA) is 41.5 Å². The molecule has 106 valence electrons. The van der Waals surface area contributed by atoms with Crippen LogP contribution in [-0.2, 0) is 0 Å². The van der Waals surface area contributed by atoms with Crippen LogP contribution in [0.1, 0.15) is 24.3 Å². The number of hydrogen-bond donors (Lipinski definition) is 2. The van der Waals surface area contributed by atoms with E-state index >= 15 is 0 Å². The van der Waals surface area contributed by atoms with Crippen molar-refractivity contribution in [2.24, 2.45) is 5.92 Å². The first-order valence-corrected chi connectivity index (χ1v) is 7.27. The summed E-state index contributed by atoms with van der Waals surface area (Å²) in [6, 6.07) is 3.55. The number of rotatable bonds is 4. The zero-order valence-corrected chi connectivity index (χ0v) is 12.5. The third-order valence-electron chi connectivity index (χ3n) is 3.82. The quantitative estimate of drug-likeness (QED) is 0.898. The number of halogens is 2. The third-order valence-corrected chi connectivity index (χ3v) is 4.54. The Balaban J connectivity index is 2.33. The van der Waals surface area contributed by atoms with Gasteiger partial charge in [0.25, 0.3) is 0 Å². The van der Waals surface area contributed by atoms with Crippen molar-refractivity contribution in [1.29, 1.82) is 0 Å². The van der Waals surface area contributed by atoms with Crippen molar-refractivity contribution in [2.45, 2.75) is 18.8 Å². The molecule has 2 rings (SSSR count). The van der Waals surface area contributed by atoms with Gasteiger partial charge in [0.05, 0.1) is 23.8 Å². The summed E-state index contributed by atoms with van der Waals surface area (Å²) in [5.74, 6) is 1.19. The van der Waals surface area contributed by atoms with Crippen molar-refractivity contribution in [3.63, 3.8) is 0 Å². The molecule has 0 aromatic heterocycles. The Morgan fingerprint density at radius 2 is 1.95 bits per heavy atom. The van der Waals surface area contributed by atoms with Crippen LogP contribution in [0.3, 0.4) is 0 Å². The van der Waals surface area contributed by atoms with Gasteiger partial charge in [0.2, 0.25) is 0 Å². The number of aliphatic hydroxyl groups excluding tert-OH is 1. The lowest BCUT2D eigenvalue weighted by Gasteiger charge is -2.30. The highest BCUT2D eigenvalue weighted by Gasteiger charge is 2.27. The second-order valence-corrected chi connectivity index (χ2v) is 5.70. The van der Waals surface area contributed by atoms with Crippen LogP contribution in [0.15, 0.2) is 12.1 Å². The van der Waals surface area contributed by atoms with E-state index in [2.05, 4.69) is 5.32 Å². The lowest BCUT2D eigenvalue weighted by atomic mass is 9.80. The first kappa shape index (κ1) is 14.9. The summed E-state index contributed by atoms with van der Waals surface area (Å²) in [7, 11) is 1.61. The molecule has 1 unspecified atom stereocenters. The summed E-state index contributed by atoms with van der Waals surface area (Å²) >= 11 is 12.1. The fourth-order valence-electron chi connectivity index (χ4n) is 2.76. The monoisotopic (exact) mass is 303 g/mol. The summed E-state index contributed by atoms with van der Waals surface area (Å²) in [6.07, 6.45) is 2.10. The number of benzene rings is 1. The molecule has 1 aliphatic rings. The zero-order chi connectivity index (χ0) is 13.8. The normalized spacial score (nSPS) is 18.3. The van der Waals surface area contributed by atoms with Crippen LogP contribution in [0.2, 0.25) is 10.0 Å². The van der Waals surface area contributed by atoms with E-state index in [1.165, 1.54) is 0 Å². The summed E-state index contributed by atoms with van der Waals surface area (Å²) < 4.78 is 5.38. The second-order valence-electron chi connectivity index (χ2n) is 4.88. The molecule has 1 aliphatic heterocycles. The minimum atomic E-state index is 0.0480. The molecule has 1 atom stereocenters. The van der Waals surface area contributed by atoms with E-state index < -0.39 is 0 Å². The smallest absolute Gasteiger partial charge is 0.124 e. The van der Waals surface area contributed by atoms with E-state index in [1.54, 1.807) is 13.2 Å². The van der Waals surface area contributed by atoms with Gasteiger partial charge < -0.3 is 15.2 Å². The van der Waals surface area contributed by atoms with E-state index in [-0.39, 0.29) is 12.5 Å². The molecule has 0 saturated carbocycles. The Morgan fingerprint density at radius 3 is 2.53 bits per heavy atom. The van der Waals surface area contributed by atoms with E-state index in [1.807, 2.05) is 6.07 Å². The molecule has 5 heteroatoms. The average molecular weight is 304 g/mol. The summed E-state index contributed by atoms with van der Waals surface area (Å²) in [6.45, 7) is 2.08. The molecule has 0 aliphatic carbocycles. The lowest BCUT2D eigenvalue weighted by molar-refractivity contribution is 0.198. The fraction of sp³-hybridized carbons (Fsp3) is 0.571. The molecular formula is C14H19Cl2NO2. The number of methoxy groups -OCH3 is 1. The average Bonchev–Trinajstić information content (AvgIpc) is 2.44. The van der Waals surface area contributed by atoms with E-state index in [0.29, 0.717) is 21.7 Å². The third kappa shape index (κ3) is 3.34. The van der Waals surface area contributed by atoms with Crippen LogP contribution in [0.5, 0.6) is 5.75 Å². The molecule has 1 fully saturated rings. The van der Waals surface area contributed by atoms with Gasteiger partial charge in [0.1, 0.15) is 5.75 Å². The number of ether oxygens (including phenoxy) is 1. The van der Waals surface area contributed by atoms with Crippen LogP contribution in [0.4, 0.5) is 0 Å². The Morgan fingerprint density at radius 1 is 1.32 bits per heavy atom. The molecule has 0 spiro atoms. The van der Waals surface area contributed by atoms with Gasteiger partial charge >= 0.3 is 0 Å². The Bertz CT molecular complexity index is 434. The van der Waals surface area contributed by atoms with Crippen molar-refractivity contribution in [1.82, 2.24) is 5.32 Å². The molecule has 19 heavy (non-hydrogen) atoms. The van der Waals surface area contributed by atoms with E-state index in [0.717, 1.165) is 31.5 Å². The van der Waals surface area contributed by atoms with Crippen LogP contribution in [-0.4, -0.2) is 31.9 Å². The minimum absolute atomic E-state index is 0.0480. The SMILES string of the molecule is COc1cc(Cl)c(Cl)cc1C(CO)C1CCNCC1. The second kappa shape index (κ2) is 6.80. The number of piperidine rings is 1. The van der Waals surface area contributed by atoms with Gasteiger partial charge in [-0.05, 0) is 37.9 Å². The number of hydrogen-bond acceptors (Lipinski definition) is 3. The van der Waals surface area contributed by atoms with Crippen molar-refractivity contribution in [3.05, 3.63) is 27.7 Å². The van der Waals surface area contributed by atoms with Crippen molar-refractivity contribution in [2.75, 3.05) is 26.8 Å². The van der Waals surface area contributed by atoms with Crippen molar-refractivity contribution in [3.8, 4) is 5.75 Å². The van der Waals surface area contributed by atoms with Crippen LogP contribution in [0.25, 0.3) is 0 Å². The zero-order valence-electron chi connectivity index (χ0n) is 11.0. The predicted molar refractivity (Wildman–Crippen MR) is 78.4 cm³/mol. The highest BCUT2D eigenvalue weighted by atomic mass is 35.5. The molecule has 1 heterocycles. The fourth-order valence-corrected chi connectivity index (χ4v) is 3.08. The van der Waals surface area contributed by atoms with Crippen LogP contribution in [0, 0.1) is 5.92 Å². The Kier molecular flexibility index (Phi) is 5.34. The van der Waals surface area contributed by atoms with E-state index in [4.69, 9.17) is 27.9 Å². The van der Waals surface area contributed by atoms with Gasteiger partial charge in [-0.3, -0.25) is 0 Å². The highest BCUT2D eigenvalue weighted by molar-refractivity contribution is 6.42. The molecule has 2 N–H and O–H groups in total. The predicted octanol–water partition coefficient (Wildman–Crippen LogP) is 3.08. The van der Waals surface area contributed by atoms with Gasteiger partial charge in [0.15, 0.2) is 0 Å². The summed E-state index contributed by atoms with van der Waals surface area (Å²) in [4.78, 5) is 0. The standard InChI is InChI=1S/C14H19Cl2NO2/c1-19-14-7-13(16)12(15)6-10(14)11(8-18)9-2-4-17-5-3-9/h6-7,9,11,17-18H,2-5,8H2,1H3. The molecule has 1 aromatic carbocycles. The number of aliphatic hydroxyl groups is 1. The molecule has 3 nitrogen and oxygen atoms in total. The van der Waals surface area contributed by atoms with Gasteiger partial charge in [-0.2, -0.15) is 0 Å². The Hall–Kier alpha value is -0.480. The van der Waals surface area contributed by atoms with Crippen molar-refractivity contribution < 1.29 is 9.84 Å². The van der Waals surface area contributed by atoms with Gasteiger partial charge in [-0.25, -0.2) is 0 Å². The van der Waals surface area contributed by atoms with Crippen LogP contribution < -0.4 is 10.1 Å². The van der Waals surface area contributed by atoms with E-state index in [9.17, 15) is 5.11 Å². The first-order valence-electron chi connectivity index (χ1n) is 6.52. The maximum absolute atomic E-state index is 9.76. The van der Waals surface area contributed by atoms with Crippen LogP contribution >= 0.6 is 23.2 Å². The van der Waals surface area contributed by atoms with Crippen molar-refractivity contribution >= 4 is 23.2 Å². The van der Waals surface area contributed by atoms with Gasteiger partial charge in [-0.15, -0.1) is 0 Å². The summed E-state index contributed by atoms with van der Waals surface area (Å²) in [5.41, 5.74) is 0.950.